The molecule has 1 amide bonds. The van der Waals surface area contributed by atoms with E-state index in [1.54, 1.807) is 0 Å². The van der Waals surface area contributed by atoms with Crippen LogP contribution in [0.5, 0.6) is 0 Å². The number of hydrogen-bond acceptors (Lipinski definition) is 4. The van der Waals surface area contributed by atoms with Crippen LogP contribution >= 0.6 is 23.2 Å². The summed E-state index contributed by atoms with van der Waals surface area (Å²) in [5.74, 6) is -0.501. The van der Waals surface area contributed by atoms with E-state index in [1.807, 2.05) is 0 Å². The van der Waals surface area contributed by atoms with Crippen LogP contribution in [0.2, 0.25) is 10.0 Å². The van der Waals surface area contributed by atoms with Gasteiger partial charge in [0.15, 0.2) is 0 Å². The SMILES string of the molecule is Nc1c(Cl)cc(C(=O)Nc2cccc([N+](=O)[O-])c2)cc1Cl. The van der Waals surface area contributed by atoms with Crippen molar-refractivity contribution >= 4 is 46.2 Å². The molecule has 8 heteroatoms. The number of hydrogen-bond donors (Lipinski definition) is 2. The van der Waals surface area contributed by atoms with Crippen molar-refractivity contribution in [3.8, 4) is 0 Å². The number of carbonyl (C=O) groups excluding carboxylic acids is 1. The molecule has 0 aliphatic heterocycles. The number of nitro benzene ring substituents is 1. The maximum atomic E-state index is 12.1. The molecule has 0 radical (unpaired) electrons. The first-order valence-electron chi connectivity index (χ1n) is 5.69. The molecule has 0 fully saturated rings. The second-order valence-corrected chi connectivity index (χ2v) is 4.93. The molecule has 2 aromatic carbocycles. The number of nitrogens with one attached hydrogen (secondary N) is 1. The Morgan fingerprint density at radius 2 is 1.81 bits per heavy atom. The second-order valence-electron chi connectivity index (χ2n) is 4.12. The maximum absolute atomic E-state index is 12.1. The number of halogens is 2. The van der Waals surface area contributed by atoms with Crippen molar-refractivity contribution in [1.29, 1.82) is 0 Å². The molecule has 0 unspecified atom stereocenters. The van der Waals surface area contributed by atoms with Crippen LogP contribution in [0.1, 0.15) is 10.4 Å². The summed E-state index contributed by atoms with van der Waals surface area (Å²) in [5.41, 5.74) is 6.14. The summed E-state index contributed by atoms with van der Waals surface area (Å²) in [6.07, 6.45) is 0. The van der Waals surface area contributed by atoms with Crippen molar-refractivity contribution in [2.75, 3.05) is 11.1 Å². The summed E-state index contributed by atoms with van der Waals surface area (Å²) in [4.78, 5) is 22.2. The minimum atomic E-state index is -0.549. The third-order valence-electron chi connectivity index (χ3n) is 2.66. The van der Waals surface area contributed by atoms with Crippen LogP contribution in [0, 0.1) is 10.1 Å². The Bertz CT molecular complexity index is 711. The molecule has 21 heavy (non-hydrogen) atoms. The smallest absolute Gasteiger partial charge is 0.271 e. The number of non-ortho nitro benzene ring substituents is 1. The van der Waals surface area contributed by atoms with Crippen LogP contribution in [-0.4, -0.2) is 10.8 Å². The Morgan fingerprint density at radius 3 is 2.38 bits per heavy atom. The molecule has 0 atom stereocenters. The summed E-state index contributed by atoms with van der Waals surface area (Å²) < 4.78 is 0. The number of nitrogens with zero attached hydrogens (tertiary/aromatic N) is 1. The van der Waals surface area contributed by atoms with Crippen LogP contribution in [0.3, 0.4) is 0 Å². The quantitative estimate of drug-likeness (QED) is 0.510. The predicted octanol–water partition coefficient (Wildman–Crippen LogP) is 3.74. The number of nitrogen functional groups attached to an aromatic ring is 1. The average molecular weight is 326 g/mol. The fourth-order valence-corrected chi connectivity index (χ4v) is 2.10. The lowest BCUT2D eigenvalue weighted by Crippen LogP contribution is -2.12. The van der Waals surface area contributed by atoms with E-state index in [4.69, 9.17) is 28.9 Å². The molecule has 0 spiro atoms. The molecule has 0 bridgehead atoms. The van der Waals surface area contributed by atoms with Gasteiger partial charge in [-0.05, 0) is 18.2 Å². The Kier molecular flexibility index (Phi) is 4.30. The number of carbonyl (C=O) groups is 1. The molecule has 108 valence electrons. The fraction of sp³-hybridized carbons (Fsp3) is 0. The summed E-state index contributed by atoms with van der Waals surface area (Å²) in [6, 6.07) is 8.32. The number of benzene rings is 2. The summed E-state index contributed by atoms with van der Waals surface area (Å²) in [6.45, 7) is 0. The first-order chi connectivity index (χ1) is 9.88. The number of amides is 1. The van der Waals surface area contributed by atoms with E-state index in [-0.39, 0.29) is 27.0 Å². The highest BCUT2D eigenvalue weighted by molar-refractivity contribution is 6.39. The summed E-state index contributed by atoms with van der Waals surface area (Å²) >= 11 is 11.7. The van der Waals surface area contributed by atoms with Crippen LogP contribution in [0.25, 0.3) is 0 Å². The van der Waals surface area contributed by atoms with Gasteiger partial charge in [-0.3, -0.25) is 14.9 Å². The highest BCUT2D eigenvalue weighted by Crippen LogP contribution is 2.29. The highest BCUT2D eigenvalue weighted by Gasteiger charge is 2.13. The Balaban J connectivity index is 2.26. The minimum Gasteiger partial charge on any atom is -0.396 e. The van der Waals surface area contributed by atoms with E-state index in [2.05, 4.69) is 5.32 Å². The van der Waals surface area contributed by atoms with Gasteiger partial charge in [0.1, 0.15) is 0 Å². The van der Waals surface area contributed by atoms with E-state index >= 15 is 0 Å². The first-order valence-corrected chi connectivity index (χ1v) is 6.44. The van der Waals surface area contributed by atoms with Crippen molar-refractivity contribution in [3.05, 3.63) is 62.1 Å². The van der Waals surface area contributed by atoms with E-state index in [0.717, 1.165) is 0 Å². The van der Waals surface area contributed by atoms with Crippen molar-refractivity contribution in [3.63, 3.8) is 0 Å². The van der Waals surface area contributed by atoms with Crippen LogP contribution in [0.4, 0.5) is 17.1 Å². The zero-order chi connectivity index (χ0) is 15.6. The molecule has 0 aliphatic rings. The molecule has 0 saturated heterocycles. The summed E-state index contributed by atoms with van der Waals surface area (Å²) in [5, 5.41) is 13.5. The highest BCUT2D eigenvalue weighted by atomic mass is 35.5. The Morgan fingerprint density at radius 1 is 1.19 bits per heavy atom. The summed E-state index contributed by atoms with van der Waals surface area (Å²) in [7, 11) is 0. The van der Waals surface area contributed by atoms with Gasteiger partial charge < -0.3 is 11.1 Å². The molecule has 3 N–H and O–H groups in total. The topological polar surface area (TPSA) is 98.3 Å². The lowest BCUT2D eigenvalue weighted by Gasteiger charge is -2.08. The fourth-order valence-electron chi connectivity index (χ4n) is 1.62. The van der Waals surface area contributed by atoms with Crippen molar-refractivity contribution < 1.29 is 9.72 Å². The van der Waals surface area contributed by atoms with Crippen molar-refractivity contribution in [1.82, 2.24) is 0 Å². The molecule has 6 nitrogen and oxygen atoms in total. The minimum absolute atomic E-state index is 0.124. The van der Waals surface area contributed by atoms with Gasteiger partial charge in [-0.2, -0.15) is 0 Å². The number of nitrogens with two attached hydrogens (primary N) is 1. The van der Waals surface area contributed by atoms with Gasteiger partial charge in [0.05, 0.1) is 20.7 Å². The molecular weight excluding hydrogens is 317 g/mol. The molecule has 0 aliphatic carbocycles. The Labute approximate surface area is 129 Å². The van der Waals surface area contributed by atoms with Gasteiger partial charge in [0.25, 0.3) is 11.6 Å². The number of nitro groups is 1. The molecule has 0 heterocycles. The zero-order valence-corrected chi connectivity index (χ0v) is 12.0. The monoisotopic (exact) mass is 325 g/mol. The first kappa shape index (κ1) is 15.1. The van der Waals surface area contributed by atoms with Gasteiger partial charge in [-0.25, -0.2) is 0 Å². The third kappa shape index (κ3) is 3.42. The van der Waals surface area contributed by atoms with Gasteiger partial charge in [0, 0.05) is 23.4 Å². The Hall–Kier alpha value is -2.31. The largest absolute Gasteiger partial charge is 0.396 e. The van der Waals surface area contributed by atoms with Crippen LogP contribution in [0.15, 0.2) is 36.4 Å². The van der Waals surface area contributed by atoms with Crippen LogP contribution < -0.4 is 11.1 Å². The lowest BCUT2D eigenvalue weighted by atomic mass is 10.2. The van der Waals surface area contributed by atoms with E-state index in [9.17, 15) is 14.9 Å². The average Bonchev–Trinajstić information content (AvgIpc) is 2.44. The molecule has 0 saturated carbocycles. The maximum Gasteiger partial charge on any atom is 0.271 e. The van der Waals surface area contributed by atoms with E-state index in [1.165, 1.54) is 36.4 Å². The zero-order valence-electron chi connectivity index (χ0n) is 10.5. The van der Waals surface area contributed by atoms with Crippen molar-refractivity contribution in [2.24, 2.45) is 0 Å². The molecule has 0 aromatic heterocycles. The van der Waals surface area contributed by atoms with Gasteiger partial charge in [-0.15, -0.1) is 0 Å². The van der Waals surface area contributed by atoms with Gasteiger partial charge >= 0.3 is 0 Å². The van der Waals surface area contributed by atoms with E-state index in [0.29, 0.717) is 5.69 Å². The number of rotatable bonds is 3. The lowest BCUT2D eigenvalue weighted by molar-refractivity contribution is -0.384. The molecular formula is C13H9Cl2N3O3. The van der Waals surface area contributed by atoms with E-state index < -0.39 is 10.8 Å². The second kappa shape index (κ2) is 5.99. The number of anilines is 2. The predicted molar refractivity (Wildman–Crippen MR) is 81.9 cm³/mol. The normalized spacial score (nSPS) is 10.2. The molecule has 2 aromatic rings. The van der Waals surface area contributed by atoms with Crippen LogP contribution in [-0.2, 0) is 0 Å². The molecule has 2 rings (SSSR count). The third-order valence-corrected chi connectivity index (χ3v) is 3.28. The van der Waals surface area contributed by atoms with Gasteiger partial charge in [-0.1, -0.05) is 29.3 Å². The van der Waals surface area contributed by atoms with Crippen molar-refractivity contribution in [2.45, 2.75) is 0 Å². The van der Waals surface area contributed by atoms with Gasteiger partial charge in [0.2, 0.25) is 0 Å². The standard InChI is InChI=1S/C13H9Cl2N3O3/c14-10-4-7(5-11(15)12(10)16)13(19)17-8-2-1-3-9(6-8)18(20)21/h1-6H,16H2,(H,17,19).